The van der Waals surface area contributed by atoms with Crippen LogP contribution in [0.15, 0.2) is 18.2 Å². The lowest BCUT2D eigenvalue weighted by atomic mass is 10.1. The summed E-state index contributed by atoms with van der Waals surface area (Å²) in [5, 5.41) is 0.588. The van der Waals surface area contributed by atoms with E-state index in [2.05, 4.69) is 18.8 Å². The predicted octanol–water partition coefficient (Wildman–Crippen LogP) is 3.76. The summed E-state index contributed by atoms with van der Waals surface area (Å²) in [6.07, 6.45) is 0. The Morgan fingerprint density at radius 2 is 2.10 bits per heavy atom. The third kappa shape index (κ3) is 2.61. The highest BCUT2D eigenvalue weighted by Gasteiger charge is 2.20. The molecule has 2 N–H and O–H groups in total. The average molecular weight is 294 g/mol. The molecule has 0 spiro atoms. The first-order chi connectivity index (χ1) is 9.45. The number of hydrogen-bond acceptors (Lipinski definition) is 3. The van der Waals surface area contributed by atoms with Gasteiger partial charge in [0.15, 0.2) is 0 Å². The molecule has 5 heteroatoms. The van der Waals surface area contributed by atoms with Crippen molar-refractivity contribution in [3.05, 3.63) is 29.0 Å². The summed E-state index contributed by atoms with van der Waals surface area (Å²) in [6.45, 7) is 7.08. The Bertz CT molecular complexity index is 620. The molecule has 2 rings (SSSR count). The molecule has 1 aromatic carbocycles. The van der Waals surface area contributed by atoms with E-state index in [-0.39, 0.29) is 0 Å². The second-order valence-corrected chi connectivity index (χ2v) is 5.62. The van der Waals surface area contributed by atoms with Crippen LogP contribution in [0.4, 0.5) is 5.82 Å². The maximum absolute atomic E-state index is 6.30. The maximum atomic E-state index is 6.30. The van der Waals surface area contributed by atoms with E-state index in [1.54, 1.807) is 7.11 Å². The minimum atomic E-state index is 0.492. The van der Waals surface area contributed by atoms with E-state index in [0.717, 1.165) is 17.9 Å². The zero-order valence-corrected chi connectivity index (χ0v) is 13.0. The van der Waals surface area contributed by atoms with Crippen LogP contribution in [0.3, 0.4) is 0 Å². The van der Waals surface area contributed by atoms with Crippen LogP contribution >= 0.6 is 11.6 Å². The van der Waals surface area contributed by atoms with Gasteiger partial charge in [0, 0.05) is 6.54 Å². The van der Waals surface area contributed by atoms with Crippen molar-refractivity contribution in [3.63, 3.8) is 0 Å². The number of benzene rings is 1. The van der Waals surface area contributed by atoms with Gasteiger partial charge in [0.2, 0.25) is 0 Å². The molecule has 0 bridgehead atoms. The van der Waals surface area contributed by atoms with Gasteiger partial charge in [-0.2, -0.15) is 0 Å². The summed E-state index contributed by atoms with van der Waals surface area (Å²) >= 11 is 6.30. The molecule has 4 nitrogen and oxygen atoms in total. The Hall–Kier alpha value is -1.68. The van der Waals surface area contributed by atoms with Crippen molar-refractivity contribution < 1.29 is 4.74 Å². The lowest BCUT2D eigenvalue weighted by Gasteiger charge is -2.12. The molecule has 20 heavy (non-hydrogen) atoms. The Morgan fingerprint density at radius 3 is 2.70 bits per heavy atom. The van der Waals surface area contributed by atoms with E-state index in [4.69, 9.17) is 22.1 Å². The Labute approximate surface area is 124 Å². The van der Waals surface area contributed by atoms with Crippen molar-refractivity contribution in [3.8, 4) is 17.0 Å². The quantitative estimate of drug-likeness (QED) is 0.934. The van der Waals surface area contributed by atoms with E-state index in [9.17, 15) is 0 Å². The maximum Gasteiger partial charge on any atom is 0.131 e. The first kappa shape index (κ1) is 14.7. The number of hydrogen-bond donors (Lipinski definition) is 1. The van der Waals surface area contributed by atoms with Crippen molar-refractivity contribution in [1.82, 2.24) is 9.55 Å². The third-order valence-electron chi connectivity index (χ3n) is 3.18. The highest BCUT2D eigenvalue weighted by atomic mass is 35.5. The van der Waals surface area contributed by atoms with Crippen molar-refractivity contribution in [2.24, 2.45) is 5.92 Å². The van der Waals surface area contributed by atoms with Crippen LogP contribution in [-0.4, -0.2) is 16.7 Å². The molecule has 0 aliphatic rings. The average Bonchev–Trinajstić information content (AvgIpc) is 2.66. The molecule has 0 aliphatic heterocycles. The summed E-state index contributed by atoms with van der Waals surface area (Å²) in [7, 11) is 1.61. The molecule has 0 radical (unpaired) electrons. The smallest absolute Gasteiger partial charge is 0.131 e. The topological polar surface area (TPSA) is 53.1 Å². The zero-order chi connectivity index (χ0) is 14.9. The van der Waals surface area contributed by atoms with Gasteiger partial charge in [-0.3, -0.25) is 0 Å². The number of methoxy groups -OCH3 is 1. The lowest BCUT2D eigenvalue weighted by Crippen LogP contribution is -2.09. The summed E-state index contributed by atoms with van der Waals surface area (Å²) in [5.41, 5.74) is 7.70. The number of nitrogens with zero attached hydrogens (tertiary/aromatic N) is 2. The SMILES string of the molecule is COc1cccc(Cl)c1-c1nc(C)n(CC(C)C)c1N. The molecule has 108 valence electrons. The standard InChI is InChI=1S/C15H20ClN3O/c1-9(2)8-19-10(3)18-14(15(19)17)13-11(16)6-5-7-12(13)20-4/h5-7,9H,8,17H2,1-4H3. The second-order valence-electron chi connectivity index (χ2n) is 5.21. The van der Waals surface area contributed by atoms with Crippen molar-refractivity contribution in [2.45, 2.75) is 27.3 Å². The molecule has 0 amide bonds. The van der Waals surface area contributed by atoms with Crippen molar-refractivity contribution >= 4 is 17.4 Å². The van der Waals surface area contributed by atoms with Crippen LogP contribution in [0.5, 0.6) is 5.75 Å². The van der Waals surface area contributed by atoms with E-state index < -0.39 is 0 Å². The number of imidazole rings is 1. The van der Waals surface area contributed by atoms with Gasteiger partial charge in [-0.25, -0.2) is 4.98 Å². The molecule has 0 atom stereocenters. The highest BCUT2D eigenvalue weighted by molar-refractivity contribution is 6.33. The fourth-order valence-electron chi connectivity index (χ4n) is 2.27. The summed E-state index contributed by atoms with van der Waals surface area (Å²) in [5.74, 6) is 2.68. The molecule has 0 saturated heterocycles. The van der Waals surface area contributed by atoms with E-state index >= 15 is 0 Å². The van der Waals surface area contributed by atoms with Gasteiger partial charge in [0.1, 0.15) is 23.1 Å². The first-order valence-corrected chi connectivity index (χ1v) is 6.99. The van der Waals surface area contributed by atoms with Crippen LogP contribution in [0.1, 0.15) is 19.7 Å². The number of nitrogens with two attached hydrogens (primary N) is 1. The molecule has 1 heterocycles. The fraction of sp³-hybridized carbons (Fsp3) is 0.400. The number of halogens is 1. The molecule has 1 aromatic heterocycles. The molecule has 2 aromatic rings. The van der Waals surface area contributed by atoms with Gasteiger partial charge in [-0.15, -0.1) is 0 Å². The van der Waals surface area contributed by atoms with E-state index in [1.807, 2.05) is 29.7 Å². The Morgan fingerprint density at radius 1 is 1.40 bits per heavy atom. The number of anilines is 1. The predicted molar refractivity (Wildman–Crippen MR) is 83.2 cm³/mol. The molecular formula is C15H20ClN3O. The Kier molecular flexibility index (Phi) is 4.23. The number of ether oxygens (including phenoxy) is 1. The fourth-order valence-corrected chi connectivity index (χ4v) is 2.52. The van der Waals surface area contributed by atoms with E-state index in [0.29, 0.717) is 28.2 Å². The monoisotopic (exact) mass is 293 g/mol. The number of nitrogen functional groups attached to an aromatic ring is 1. The molecule has 0 fully saturated rings. The largest absolute Gasteiger partial charge is 0.496 e. The van der Waals surface area contributed by atoms with Gasteiger partial charge in [0.25, 0.3) is 0 Å². The number of aromatic nitrogens is 2. The van der Waals surface area contributed by atoms with Crippen LogP contribution in [0.25, 0.3) is 11.3 Å². The number of rotatable bonds is 4. The minimum Gasteiger partial charge on any atom is -0.496 e. The third-order valence-corrected chi connectivity index (χ3v) is 3.49. The normalized spacial score (nSPS) is 11.1. The van der Waals surface area contributed by atoms with E-state index in [1.165, 1.54) is 0 Å². The van der Waals surface area contributed by atoms with Crippen LogP contribution in [-0.2, 0) is 6.54 Å². The zero-order valence-electron chi connectivity index (χ0n) is 12.3. The number of aryl methyl sites for hydroxylation is 1. The lowest BCUT2D eigenvalue weighted by molar-refractivity contribution is 0.416. The van der Waals surface area contributed by atoms with Gasteiger partial charge >= 0.3 is 0 Å². The molecule has 0 aliphatic carbocycles. The van der Waals surface area contributed by atoms with Crippen molar-refractivity contribution in [2.75, 3.05) is 12.8 Å². The van der Waals surface area contributed by atoms with Crippen LogP contribution < -0.4 is 10.5 Å². The van der Waals surface area contributed by atoms with Gasteiger partial charge in [-0.1, -0.05) is 31.5 Å². The van der Waals surface area contributed by atoms with Crippen molar-refractivity contribution in [1.29, 1.82) is 0 Å². The van der Waals surface area contributed by atoms with Crippen LogP contribution in [0.2, 0.25) is 5.02 Å². The summed E-state index contributed by atoms with van der Waals surface area (Å²) in [6, 6.07) is 5.52. The summed E-state index contributed by atoms with van der Waals surface area (Å²) in [4.78, 5) is 4.58. The molecule has 0 unspecified atom stereocenters. The van der Waals surface area contributed by atoms with Gasteiger partial charge in [-0.05, 0) is 25.0 Å². The Balaban J connectivity index is 2.60. The minimum absolute atomic E-state index is 0.492. The van der Waals surface area contributed by atoms with Gasteiger partial charge in [0.05, 0.1) is 17.7 Å². The van der Waals surface area contributed by atoms with Crippen LogP contribution in [0, 0.1) is 12.8 Å². The molecule has 0 saturated carbocycles. The molecular weight excluding hydrogens is 274 g/mol. The summed E-state index contributed by atoms with van der Waals surface area (Å²) < 4.78 is 7.39. The van der Waals surface area contributed by atoms with Gasteiger partial charge < -0.3 is 15.0 Å². The highest BCUT2D eigenvalue weighted by Crippen LogP contribution is 2.39. The first-order valence-electron chi connectivity index (χ1n) is 6.61. The second kappa shape index (κ2) is 5.75.